The largest absolute Gasteiger partial charge is 0.490 e. The number of benzene rings is 3. The van der Waals surface area contributed by atoms with Gasteiger partial charge in [-0.2, -0.15) is 9.78 Å². The molecule has 0 radical (unpaired) electrons. The van der Waals surface area contributed by atoms with Crippen molar-refractivity contribution in [1.29, 1.82) is 0 Å². The highest BCUT2D eigenvalue weighted by Gasteiger charge is 2.18. The van der Waals surface area contributed by atoms with E-state index in [0.29, 0.717) is 61.3 Å². The van der Waals surface area contributed by atoms with Crippen LogP contribution < -0.4 is 15.0 Å². The van der Waals surface area contributed by atoms with Crippen LogP contribution in [0.2, 0.25) is 0 Å². The molecule has 0 aliphatic rings. The first-order valence-electron chi connectivity index (χ1n) is 11.6. The molecule has 0 spiro atoms. The summed E-state index contributed by atoms with van der Waals surface area (Å²) < 4.78 is 15.2. The van der Waals surface area contributed by atoms with Crippen LogP contribution in [0.15, 0.2) is 71.8 Å². The van der Waals surface area contributed by atoms with Crippen LogP contribution in [0.1, 0.15) is 41.2 Å². The van der Waals surface area contributed by atoms with Crippen molar-refractivity contribution in [3.8, 4) is 11.5 Å². The number of rotatable bonds is 9. The van der Waals surface area contributed by atoms with Crippen LogP contribution in [-0.2, 0) is 13.0 Å². The van der Waals surface area contributed by atoms with Crippen LogP contribution in [0.4, 0.5) is 0 Å². The second kappa shape index (κ2) is 12.2. The molecule has 4 rings (SSSR count). The van der Waals surface area contributed by atoms with E-state index in [1.807, 2.05) is 19.9 Å². The number of carboxylic acid groups (broad SMARTS) is 1. The molecule has 0 unspecified atom stereocenters. The minimum Gasteiger partial charge on any atom is -0.490 e. The number of carboxylic acids is 1. The molecule has 196 valence electrons. The number of ether oxygens (including phenoxy) is 2. The van der Waals surface area contributed by atoms with Gasteiger partial charge in [0.15, 0.2) is 11.5 Å². The van der Waals surface area contributed by atoms with Gasteiger partial charge < -0.3 is 14.6 Å². The molecule has 4 aromatic rings. The topological polar surface area (TPSA) is 103 Å². The number of aryl methyl sites for hydroxylation is 1. The number of nitrogens with zero attached hydrogens (tertiary/aromatic N) is 3. The van der Waals surface area contributed by atoms with E-state index in [-0.39, 0.29) is 17.7 Å². The van der Waals surface area contributed by atoms with Gasteiger partial charge >= 0.3 is 5.97 Å². The Morgan fingerprint density at radius 1 is 1.08 bits per heavy atom. The summed E-state index contributed by atoms with van der Waals surface area (Å²) in [6.07, 6.45) is 2.08. The van der Waals surface area contributed by atoms with Gasteiger partial charge in [-0.1, -0.05) is 35.0 Å². The lowest BCUT2D eigenvalue weighted by molar-refractivity contribution is 0.0696. The Kier molecular flexibility index (Phi) is 9.01. The third-order valence-corrected chi connectivity index (χ3v) is 8.15. The number of aromatic nitrogens is 2. The number of fused-ring (bicyclic) bond motifs is 1. The van der Waals surface area contributed by atoms with E-state index in [1.54, 1.807) is 42.6 Å². The van der Waals surface area contributed by atoms with Gasteiger partial charge in [0, 0.05) is 20.9 Å². The highest BCUT2D eigenvalue weighted by atomic mass is 79.9. The molecule has 3 aromatic carbocycles. The lowest BCUT2D eigenvalue weighted by Crippen LogP contribution is -2.22. The van der Waals surface area contributed by atoms with E-state index in [2.05, 4.69) is 57.9 Å². The summed E-state index contributed by atoms with van der Waals surface area (Å²) in [5.41, 5.74) is 1.86. The second-order valence-corrected chi connectivity index (χ2v) is 10.6. The van der Waals surface area contributed by atoms with Crippen molar-refractivity contribution in [2.45, 2.75) is 26.9 Å². The van der Waals surface area contributed by atoms with E-state index in [0.717, 1.165) is 4.47 Å². The third kappa shape index (κ3) is 6.00. The first kappa shape index (κ1) is 28.0. The molecular weight excluding hydrogens is 686 g/mol. The van der Waals surface area contributed by atoms with Crippen LogP contribution in [0.3, 0.4) is 0 Å². The van der Waals surface area contributed by atoms with Crippen molar-refractivity contribution in [3.63, 3.8) is 0 Å². The molecule has 0 saturated heterocycles. The second-order valence-electron chi connectivity index (χ2n) is 8.05. The fraction of sp³-hybridized carbons (Fsp3) is 0.185. The minimum atomic E-state index is -1.01. The highest BCUT2D eigenvalue weighted by molar-refractivity contribution is 9.13. The summed E-state index contributed by atoms with van der Waals surface area (Å²) in [5, 5.41) is 14.2. The predicted octanol–water partition coefficient (Wildman–Crippen LogP) is 6.80. The standard InChI is InChI=1S/C27H22Br3N3O5/c1-3-22-32-20-9-8-18(28)12-19(20)26(34)33(22)31-13-17-11-21(37-4-2)25(24(30)23(17)29)38-14-15-6-5-7-16(10-15)27(35)36/h5-13H,3-4,14H2,1-2H3,(H,35,36). The number of carbonyl (C=O) groups is 1. The van der Waals surface area contributed by atoms with Crippen molar-refractivity contribution in [2.24, 2.45) is 5.10 Å². The van der Waals surface area contributed by atoms with Crippen LogP contribution in [0.5, 0.6) is 11.5 Å². The van der Waals surface area contributed by atoms with Gasteiger partial charge in [0.25, 0.3) is 5.56 Å². The molecule has 0 atom stereocenters. The van der Waals surface area contributed by atoms with Gasteiger partial charge in [-0.05, 0) is 80.7 Å². The fourth-order valence-electron chi connectivity index (χ4n) is 3.71. The maximum atomic E-state index is 13.2. The molecule has 0 amide bonds. The molecule has 1 heterocycles. The maximum absolute atomic E-state index is 13.2. The SMILES string of the molecule is CCOc1cc(C=Nn2c(CC)nc3ccc(Br)cc3c2=O)c(Br)c(Br)c1OCc1cccc(C(=O)O)c1. The minimum absolute atomic E-state index is 0.132. The summed E-state index contributed by atoms with van der Waals surface area (Å²) in [4.78, 5) is 29.1. The zero-order valence-electron chi connectivity index (χ0n) is 20.4. The average molecular weight is 708 g/mol. The molecule has 38 heavy (non-hydrogen) atoms. The van der Waals surface area contributed by atoms with Gasteiger partial charge in [-0.15, -0.1) is 0 Å². The lowest BCUT2D eigenvalue weighted by Gasteiger charge is -2.16. The molecule has 1 aromatic heterocycles. The van der Waals surface area contributed by atoms with Crippen molar-refractivity contribution < 1.29 is 19.4 Å². The van der Waals surface area contributed by atoms with E-state index in [9.17, 15) is 14.7 Å². The first-order valence-corrected chi connectivity index (χ1v) is 14.0. The van der Waals surface area contributed by atoms with Gasteiger partial charge in [-0.3, -0.25) is 4.79 Å². The quantitative estimate of drug-likeness (QED) is 0.192. The maximum Gasteiger partial charge on any atom is 0.335 e. The summed E-state index contributed by atoms with van der Waals surface area (Å²) >= 11 is 10.6. The van der Waals surface area contributed by atoms with Crippen LogP contribution in [0.25, 0.3) is 10.9 Å². The summed E-state index contributed by atoms with van der Waals surface area (Å²) in [7, 11) is 0. The third-order valence-electron chi connectivity index (χ3n) is 5.52. The number of hydrogen-bond donors (Lipinski definition) is 1. The number of halogens is 3. The monoisotopic (exact) mass is 705 g/mol. The van der Waals surface area contributed by atoms with E-state index >= 15 is 0 Å². The highest BCUT2D eigenvalue weighted by Crippen LogP contribution is 2.43. The van der Waals surface area contributed by atoms with Crippen molar-refractivity contribution >= 4 is 70.9 Å². The smallest absolute Gasteiger partial charge is 0.335 e. The molecular formula is C27H22Br3N3O5. The van der Waals surface area contributed by atoms with Crippen molar-refractivity contribution in [2.75, 3.05) is 6.61 Å². The Balaban J connectivity index is 1.71. The Morgan fingerprint density at radius 2 is 1.87 bits per heavy atom. The zero-order chi connectivity index (χ0) is 27.4. The molecule has 0 bridgehead atoms. The predicted molar refractivity (Wildman–Crippen MR) is 157 cm³/mol. The summed E-state index contributed by atoms with van der Waals surface area (Å²) in [5.74, 6) is 0.432. The Labute approximate surface area is 243 Å². The van der Waals surface area contributed by atoms with Gasteiger partial charge in [0.05, 0.1) is 33.8 Å². The van der Waals surface area contributed by atoms with Crippen LogP contribution in [-0.4, -0.2) is 33.6 Å². The number of hydrogen-bond acceptors (Lipinski definition) is 6. The first-order chi connectivity index (χ1) is 18.2. The molecule has 8 nitrogen and oxygen atoms in total. The Morgan fingerprint density at radius 3 is 2.58 bits per heavy atom. The summed E-state index contributed by atoms with van der Waals surface area (Å²) in [6.45, 7) is 4.29. The van der Waals surface area contributed by atoms with Gasteiger partial charge in [0.1, 0.15) is 12.4 Å². The van der Waals surface area contributed by atoms with Crippen LogP contribution in [0, 0.1) is 0 Å². The molecule has 11 heteroatoms. The Bertz CT molecular complexity index is 1620. The normalized spacial score (nSPS) is 11.3. The van der Waals surface area contributed by atoms with Crippen molar-refractivity contribution in [1.82, 2.24) is 9.66 Å². The molecule has 0 saturated carbocycles. The molecule has 1 N–H and O–H groups in total. The van der Waals surface area contributed by atoms with Gasteiger partial charge in [0.2, 0.25) is 0 Å². The van der Waals surface area contributed by atoms with Crippen molar-refractivity contribution in [3.05, 3.63) is 94.8 Å². The van der Waals surface area contributed by atoms with E-state index in [4.69, 9.17) is 9.47 Å². The lowest BCUT2D eigenvalue weighted by atomic mass is 10.1. The van der Waals surface area contributed by atoms with E-state index < -0.39 is 5.97 Å². The zero-order valence-corrected chi connectivity index (χ0v) is 25.1. The Hall–Kier alpha value is -3.02. The summed E-state index contributed by atoms with van der Waals surface area (Å²) in [6, 6.07) is 13.7. The molecule has 0 fully saturated rings. The fourth-order valence-corrected chi connectivity index (χ4v) is 5.00. The molecule has 0 aliphatic carbocycles. The van der Waals surface area contributed by atoms with Gasteiger partial charge in [-0.25, -0.2) is 9.78 Å². The number of aromatic carboxylic acids is 1. The van der Waals surface area contributed by atoms with Crippen LogP contribution >= 0.6 is 47.8 Å². The average Bonchev–Trinajstić information content (AvgIpc) is 2.90. The molecule has 0 aliphatic heterocycles. The van der Waals surface area contributed by atoms with E-state index in [1.165, 1.54) is 10.7 Å².